The third kappa shape index (κ3) is 3.95. The molecule has 0 atom stereocenters. The summed E-state index contributed by atoms with van der Waals surface area (Å²) in [6.45, 7) is 2.42. The normalized spacial score (nSPS) is 11.7. The van der Waals surface area contributed by atoms with Crippen LogP contribution >= 0.6 is 11.3 Å². The van der Waals surface area contributed by atoms with E-state index < -0.39 is 5.56 Å². The van der Waals surface area contributed by atoms with Crippen molar-refractivity contribution in [1.29, 1.82) is 0 Å². The lowest BCUT2D eigenvalue weighted by Crippen LogP contribution is -2.28. The van der Waals surface area contributed by atoms with Gasteiger partial charge in [0, 0.05) is 6.42 Å². The monoisotopic (exact) mass is 421 g/mol. The fourth-order valence-electron chi connectivity index (χ4n) is 3.04. The van der Waals surface area contributed by atoms with E-state index >= 15 is 0 Å². The summed E-state index contributed by atoms with van der Waals surface area (Å²) in [4.78, 5) is 29.6. The minimum atomic E-state index is -0.422. The minimum Gasteiger partial charge on any atom is -0.493 e. The SMILES string of the molecule is CCOc1ccc(/C=c2\sc3nc(=O)c(Cc4ccccc4)nn3c2=O)cc1OC. The molecule has 7 nitrogen and oxygen atoms in total. The lowest BCUT2D eigenvalue weighted by Gasteiger charge is -2.09. The molecule has 0 N–H and O–H groups in total. The van der Waals surface area contributed by atoms with Gasteiger partial charge in [-0.2, -0.15) is 14.6 Å². The van der Waals surface area contributed by atoms with Gasteiger partial charge in [-0.05, 0) is 36.3 Å². The summed E-state index contributed by atoms with van der Waals surface area (Å²) in [6.07, 6.45) is 2.04. The molecule has 0 aliphatic carbocycles. The molecule has 4 rings (SSSR count). The number of methoxy groups -OCH3 is 1. The van der Waals surface area contributed by atoms with Gasteiger partial charge in [0.25, 0.3) is 11.1 Å². The van der Waals surface area contributed by atoms with E-state index in [9.17, 15) is 9.59 Å². The maximum atomic E-state index is 12.9. The lowest BCUT2D eigenvalue weighted by molar-refractivity contribution is 0.311. The summed E-state index contributed by atoms with van der Waals surface area (Å²) >= 11 is 1.13. The van der Waals surface area contributed by atoms with Crippen LogP contribution < -0.4 is 25.1 Å². The van der Waals surface area contributed by atoms with E-state index in [1.54, 1.807) is 25.3 Å². The Balaban J connectivity index is 1.77. The maximum absolute atomic E-state index is 12.9. The molecule has 8 heteroatoms. The van der Waals surface area contributed by atoms with Crippen LogP contribution in [0.3, 0.4) is 0 Å². The van der Waals surface area contributed by atoms with Gasteiger partial charge in [0.05, 0.1) is 18.2 Å². The molecule has 2 heterocycles. The number of hydrogen-bond donors (Lipinski definition) is 0. The lowest BCUT2D eigenvalue weighted by atomic mass is 10.1. The van der Waals surface area contributed by atoms with E-state index in [-0.39, 0.29) is 16.2 Å². The molecule has 0 spiro atoms. The van der Waals surface area contributed by atoms with Gasteiger partial charge < -0.3 is 9.47 Å². The number of fused-ring (bicyclic) bond motifs is 1. The highest BCUT2D eigenvalue weighted by Crippen LogP contribution is 2.28. The summed E-state index contributed by atoms with van der Waals surface area (Å²) in [5.41, 5.74) is 1.20. The van der Waals surface area contributed by atoms with E-state index in [1.807, 2.05) is 43.3 Å². The maximum Gasteiger partial charge on any atom is 0.296 e. The number of hydrogen-bond acceptors (Lipinski definition) is 7. The molecule has 2 aromatic heterocycles. The zero-order chi connectivity index (χ0) is 21.1. The second kappa shape index (κ2) is 8.46. The second-order valence-corrected chi connectivity index (χ2v) is 7.49. The fraction of sp³-hybridized carbons (Fsp3) is 0.182. The van der Waals surface area contributed by atoms with E-state index in [2.05, 4.69) is 10.1 Å². The van der Waals surface area contributed by atoms with Crippen molar-refractivity contribution in [1.82, 2.24) is 14.6 Å². The van der Waals surface area contributed by atoms with E-state index in [0.717, 1.165) is 22.5 Å². The van der Waals surface area contributed by atoms with Crippen molar-refractivity contribution < 1.29 is 9.47 Å². The number of rotatable bonds is 6. The van der Waals surface area contributed by atoms with Crippen molar-refractivity contribution in [2.75, 3.05) is 13.7 Å². The predicted molar refractivity (Wildman–Crippen MR) is 116 cm³/mol. The van der Waals surface area contributed by atoms with Gasteiger partial charge in [-0.3, -0.25) is 9.59 Å². The van der Waals surface area contributed by atoms with Crippen LogP contribution in [-0.4, -0.2) is 28.3 Å². The van der Waals surface area contributed by atoms with Gasteiger partial charge in [-0.25, -0.2) is 0 Å². The van der Waals surface area contributed by atoms with Gasteiger partial charge >= 0.3 is 0 Å². The summed E-state index contributed by atoms with van der Waals surface area (Å²) in [6, 6.07) is 14.9. The van der Waals surface area contributed by atoms with Crippen LogP contribution in [-0.2, 0) is 6.42 Å². The van der Waals surface area contributed by atoms with Crippen LogP contribution in [0, 0.1) is 0 Å². The van der Waals surface area contributed by atoms with Gasteiger partial charge in [-0.15, -0.1) is 0 Å². The zero-order valence-corrected chi connectivity index (χ0v) is 17.3. The van der Waals surface area contributed by atoms with Crippen LogP contribution in [0.25, 0.3) is 11.0 Å². The molecule has 0 unspecified atom stereocenters. The highest BCUT2D eigenvalue weighted by molar-refractivity contribution is 7.15. The van der Waals surface area contributed by atoms with Crippen LogP contribution in [0.1, 0.15) is 23.7 Å². The molecule has 0 bridgehead atoms. The summed E-state index contributed by atoms with van der Waals surface area (Å²) < 4.78 is 12.5. The van der Waals surface area contributed by atoms with Crippen molar-refractivity contribution in [2.24, 2.45) is 0 Å². The Morgan fingerprint density at radius 1 is 1.10 bits per heavy atom. The van der Waals surface area contributed by atoms with Gasteiger partial charge in [0.15, 0.2) is 11.5 Å². The Morgan fingerprint density at radius 3 is 2.63 bits per heavy atom. The van der Waals surface area contributed by atoms with E-state index in [4.69, 9.17) is 9.47 Å². The van der Waals surface area contributed by atoms with Crippen molar-refractivity contribution in [3.8, 4) is 11.5 Å². The number of nitrogens with zero attached hydrogens (tertiary/aromatic N) is 3. The molecule has 0 amide bonds. The van der Waals surface area contributed by atoms with Gasteiger partial charge in [0.1, 0.15) is 5.69 Å². The molecule has 0 saturated carbocycles. The zero-order valence-electron chi connectivity index (χ0n) is 16.5. The Labute approximate surface area is 175 Å². The first-order valence-electron chi connectivity index (χ1n) is 9.38. The molecule has 0 radical (unpaired) electrons. The smallest absolute Gasteiger partial charge is 0.296 e. The molecule has 0 aliphatic heterocycles. The second-order valence-electron chi connectivity index (χ2n) is 6.48. The first kappa shape index (κ1) is 19.8. The van der Waals surface area contributed by atoms with Crippen molar-refractivity contribution in [2.45, 2.75) is 13.3 Å². The van der Waals surface area contributed by atoms with Crippen LogP contribution in [0.15, 0.2) is 58.1 Å². The van der Waals surface area contributed by atoms with Crippen molar-refractivity contribution in [3.63, 3.8) is 0 Å². The highest BCUT2D eigenvalue weighted by Gasteiger charge is 2.12. The number of aromatic nitrogens is 3. The summed E-state index contributed by atoms with van der Waals surface area (Å²) in [5.74, 6) is 1.21. The van der Waals surface area contributed by atoms with Gasteiger partial charge in [-0.1, -0.05) is 47.7 Å². The first-order valence-corrected chi connectivity index (χ1v) is 10.2. The molecule has 4 aromatic rings. The van der Waals surface area contributed by atoms with Crippen LogP contribution in [0.2, 0.25) is 0 Å². The number of benzene rings is 2. The third-order valence-electron chi connectivity index (χ3n) is 4.45. The average molecular weight is 421 g/mol. The number of ether oxygens (including phenoxy) is 2. The molecular formula is C22H19N3O4S. The minimum absolute atomic E-state index is 0.239. The summed E-state index contributed by atoms with van der Waals surface area (Å²) in [5, 5.41) is 4.28. The molecular weight excluding hydrogens is 402 g/mol. The van der Waals surface area contributed by atoms with Gasteiger partial charge in [0.2, 0.25) is 4.96 Å². The Kier molecular flexibility index (Phi) is 5.58. The summed E-state index contributed by atoms with van der Waals surface area (Å²) in [7, 11) is 1.56. The molecule has 0 saturated heterocycles. The molecule has 0 fully saturated rings. The predicted octanol–water partition coefficient (Wildman–Crippen LogP) is 2.06. The van der Waals surface area contributed by atoms with Crippen molar-refractivity contribution in [3.05, 3.63) is 90.6 Å². The average Bonchev–Trinajstić information content (AvgIpc) is 3.04. The molecule has 30 heavy (non-hydrogen) atoms. The Bertz CT molecular complexity index is 1360. The van der Waals surface area contributed by atoms with E-state index in [0.29, 0.717) is 29.1 Å². The topological polar surface area (TPSA) is 82.8 Å². The quantitative estimate of drug-likeness (QED) is 0.474. The molecule has 152 valence electrons. The molecule has 2 aromatic carbocycles. The third-order valence-corrected chi connectivity index (χ3v) is 5.41. The van der Waals surface area contributed by atoms with Crippen LogP contribution in [0.4, 0.5) is 0 Å². The first-order chi connectivity index (χ1) is 14.6. The van der Waals surface area contributed by atoms with Crippen molar-refractivity contribution >= 4 is 22.4 Å². The Hall–Kier alpha value is -3.52. The Morgan fingerprint density at radius 2 is 1.90 bits per heavy atom. The standard InChI is InChI=1S/C22H19N3O4S/c1-3-29-17-10-9-15(12-18(17)28-2)13-19-21(27)25-22(30-19)23-20(26)16(24-25)11-14-7-5-4-6-8-14/h4-10,12-13H,3,11H2,1-2H3/b19-13-. The highest BCUT2D eigenvalue weighted by atomic mass is 32.1. The largest absolute Gasteiger partial charge is 0.493 e. The van der Waals surface area contributed by atoms with Crippen LogP contribution in [0.5, 0.6) is 11.5 Å². The van der Waals surface area contributed by atoms with E-state index in [1.165, 1.54) is 4.52 Å². The molecule has 0 aliphatic rings. The number of thiazole rings is 1. The fourth-order valence-corrected chi connectivity index (χ4v) is 3.95.